The summed E-state index contributed by atoms with van der Waals surface area (Å²) < 4.78 is 6.81. The lowest BCUT2D eigenvalue weighted by Gasteiger charge is -2.10. The Labute approximate surface area is 103 Å². The van der Waals surface area contributed by atoms with E-state index in [1.165, 1.54) is 0 Å². The van der Waals surface area contributed by atoms with Crippen LogP contribution in [-0.4, -0.2) is 47.8 Å². The van der Waals surface area contributed by atoms with Gasteiger partial charge in [-0.15, -0.1) is 0 Å². The van der Waals surface area contributed by atoms with Crippen molar-refractivity contribution in [1.82, 2.24) is 15.1 Å². The number of methoxy groups -OCH3 is 1. The molecule has 5 heteroatoms. The van der Waals surface area contributed by atoms with Crippen LogP contribution in [-0.2, 0) is 11.2 Å². The summed E-state index contributed by atoms with van der Waals surface area (Å²) in [6.45, 7) is 6.15. The first-order valence-corrected chi connectivity index (χ1v) is 6.05. The minimum atomic E-state index is -0.401. The molecule has 98 valence electrons. The summed E-state index contributed by atoms with van der Waals surface area (Å²) in [6.07, 6.45) is 2.13. The molecule has 17 heavy (non-hydrogen) atoms. The number of nitrogens with one attached hydrogen (secondary N) is 1. The van der Waals surface area contributed by atoms with Gasteiger partial charge in [0.1, 0.15) is 0 Å². The SMILES string of the molecule is COCCNCC(O)Cc1ccn(C(C)C)n1. The maximum atomic E-state index is 9.80. The summed E-state index contributed by atoms with van der Waals surface area (Å²) in [4.78, 5) is 0. The predicted octanol–water partition coefficient (Wildman–Crippen LogP) is 0.603. The number of aliphatic hydroxyl groups is 1. The van der Waals surface area contributed by atoms with E-state index in [1.807, 2.05) is 16.9 Å². The van der Waals surface area contributed by atoms with Crippen molar-refractivity contribution < 1.29 is 9.84 Å². The molecule has 1 heterocycles. The molecule has 5 nitrogen and oxygen atoms in total. The molecule has 1 rings (SSSR count). The van der Waals surface area contributed by atoms with E-state index in [0.29, 0.717) is 25.6 Å². The summed E-state index contributed by atoms with van der Waals surface area (Å²) in [6, 6.07) is 2.32. The van der Waals surface area contributed by atoms with Gasteiger partial charge >= 0.3 is 0 Å². The van der Waals surface area contributed by atoms with Crippen molar-refractivity contribution in [3.63, 3.8) is 0 Å². The molecule has 1 aromatic rings. The molecule has 0 amide bonds. The third-order valence-electron chi connectivity index (χ3n) is 2.50. The summed E-state index contributed by atoms with van der Waals surface area (Å²) in [5, 5.41) is 17.3. The van der Waals surface area contributed by atoms with E-state index in [9.17, 15) is 5.11 Å². The molecular formula is C12H23N3O2. The Kier molecular flexibility index (Phi) is 6.18. The summed E-state index contributed by atoms with van der Waals surface area (Å²) >= 11 is 0. The molecule has 0 aliphatic heterocycles. The van der Waals surface area contributed by atoms with Gasteiger partial charge in [0, 0.05) is 38.9 Å². The highest BCUT2D eigenvalue weighted by Crippen LogP contribution is 2.05. The molecule has 2 N–H and O–H groups in total. The fourth-order valence-electron chi connectivity index (χ4n) is 1.53. The van der Waals surface area contributed by atoms with Crippen LogP contribution in [0.3, 0.4) is 0 Å². The number of aliphatic hydroxyl groups excluding tert-OH is 1. The van der Waals surface area contributed by atoms with Crippen molar-refractivity contribution in [3.8, 4) is 0 Å². The van der Waals surface area contributed by atoms with Crippen molar-refractivity contribution in [2.45, 2.75) is 32.4 Å². The van der Waals surface area contributed by atoms with Crippen molar-refractivity contribution in [2.24, 2.45) is 0 Å². The van der Waals surface area contributed by atoms with Gasteiger partial charge in [-0.2, -0.15) is 5.10 Å². The van der Waals surface area contributed by atoms with Gasteiger partial charge in [-0.3, -0.25) is 4.68 Å². The number of ether oxygens (including phenoxy) is 1. The zero-order valence-corrected chi connectivity index (χ0v) is 10.9. The molecule has 1 unspecified atom stereocenters. The van der Waals surface area contributed by atoms with Crippen LogP contribution in [0.5, 0.6) is 0 Å². The van der Waals surface area contributed by atoms with Crippen molar-refractivity contribution >= 4 is 0 Å². The number of aromatic nitrogens is 2. The second-order valence-corrected chi connectivity index (χ2v) is 4.44. The van der Waals surface area contributed by atoms with Crippen molar-refractivity contribution in [3.05, 3.63) is 18.0 Å². The Morgan fingerprint density at radius 1 is 1.53 bits per heavy atom. The fourth-order valence-corrected chi connectivity index (χ4v) is 1.53. The van der Waals surface area contributed by atoms with Crippen LogP contribution >= 0.6 is 0 Å². The van der Waals surface area contributed by atoms with Crippen LogP contribution in [0.15, 0.2) is 12.3 Å². The third kappa shape index (κ3) is 5.30. The second kappa shape index (κ2) is 7.42. The van der Waals surface area contributed by atoms with E-state index in [2.05, 4.69) is 24.3 Å². The lowest BCUT2D eigenvalue weighted by atomic mass is 10.2. The first-order chi connectivity index (χ1) is 8.13. The van der Waals surface area contributed by atoms with Crippen molar-refractivity contribution in [1.29, 1.82) is 0 Å². The Morgan fingerprint density at radius 3 is 2.88 bits per heavy atom. The van der Waals surface area contributed by atoms with Crippen LogP contribution in [0.2, 0.25) is 0 Å². The smallest absolute Gasteiger partial charge is 0.0720 e. The summed E-state index contributed by atoms with van der Waals surface area (Å²) in [7, 11) is 1.66. The highest BCUT2D eigenvalue weighted by Gasteiger charge is 2.08. The monoisotopic (exact) mass is 241 g/mol. The van der Waals surface area contributed by atoms with Gasteiger partial charge in [0.2, 0.25) is 0 Å². The second-order valence-electron chi connectivity index (χ2n) is 4.44. The first kappa shape index (κ1) is 14.2. The molecule has 0 spiro atoms. The number of rotatable bonds is 8. The van der Waals surface area contributed by atoms with Gasteiger partial charge < -0.3 is 15.2 Å². The third-order valence-corrected chi connectivity index (χ3v) is 2.50. The normalized spacial score (nSPS) is 13.2. The minimum Gasteiger partial charge on any atom is -0.391 e. The average Bonchev–Trinajstić information content (AvgIpc) is 2.73. The molecule has 0 radical (unpaired) electrons. The molecule has 0 aliphatic carbocycles. The Balaban J connectivity index is 2.27. The average molecular weight is 241 g/mol. The fraction of sp³-hybridized carbons (Fsp3) is 0.750. The number of nitrogens with zero attached hydrogens (tertiary/aromatic N) is 2. The zero-order chi connectivity index (χ0) is 12.7. The minimum absolute atomic E-state index is 0.362. The summed E-state index contributed by atoms with van der Waals surface area (Å²) in [5.41, 5.74) is 0.930. The molecular weight excluding hydrogens is 218 g/mol. The van der Waals surface area contributed by atoms with Gasteiger partial charge in [-0.25, -0.2) is 0 Å². The van der Waals surface area contributed by atoms with Gasteiger partial charge in [0.25, 0.3) is 0 Å². The Bertz CT molecular complexity index is 312. The zero-order valence-electron chi connectivity index (χ0n) is 10.9. The van der Waals surface area contributed by atoms with E-state index in [4.69, 9.17) is 4.74 Å². The molecule has 0 saturated heterocycles. The molecule has 1 aromatic heterocycles. The maximum absolute atomic E-state index is 9.80. The Morgan fingerprint density at radius 2 is 2.29 bits per heavy atom. The number of hydrogen-bond donors (Lipinski definition) is 2. The largest absolute Gasteiger partial charge is 0.391 e. The van der Waals surface area contributed by atoms with Crippen LogP contribution in [0, 0.1) is 0 Å². The van der Waals surface area contributed by atoms with Crippen LogP contribution in [0.4, 0.5) is 0 Å². The van der Waals surface area contributed by atoms with Gasteiger partial charge in [0.05, 0.1) is 18.4 Å². The summed E-state index contributed by atoms with van der Waals surface area (Å²) in [5.74, 6) is 0. The number of hydrogen-bond acceptors (Lipinski definition) is 4. The van der Waals surface area contributed by atoms with E-state index in [1.54, 1.807) is 7.11 Å². The molecule has 1 atom stereocenters. The van der Waals surface area contributed by atoms with Crippen LogP contribution < -0.4 is 5.32 Å². The van der Waals surface area contributed by atoms with Gasteiger partial charge in [-0.1, -0.05) is 0 Å². The van der Waals surface area contributed by atoms with E-state index in [0.717, 1.165) is 12.2 Å². The molecule has 0 aromatic carbocycles. The quantitative estimate of drug-likeness (QED) is 0.655. The lowest BCUT2D eigenvalue weighted by molar-refractivity contribution is 0.159. The van der Waals surface area contributed by atoms with Crippen molar-refractivity contribution in [2.75, 3.05) is 26.8 Å². The predicted molar refractivity (Wildman–Crippen MR) is 67.1 cm³/mol. The van der Waals surface area contributed by atoms with Crippen LogP contribution in [0.25, 0.3) is 0 Å². The topological polar surface area (TPSA) is 59.3 Å². The maximum Gasteiger partial charge on any atom is 0.0720 e. The van der Waals surface area contributed by atoms with E-state index < -0.39 is 6.10 Å². The van der Waals surface area contributed by atoms with E-state index in [-0.39, 0.29) is 0 Å². The molecule has 0 bridgehead atoms. The molecule has 0 fully saturated rings. The standard InChI is InChI=1S/C12H23N3O2/c1-10(2)15-6-4-11(14-15)8-12(16)9-13-5-7-17-3/h4,6,10,12-13,16H,5,7-9H2,1-3H3. The highest BCUT2D eigenvalue weighted by molar-refractivity contribution is 5.01. The molecule has 0 aliphatic rings. The van der Waals surface area contributed by atoms with Crippen LogP contribution in [0.1, 0.15) is 25.6 Å². The van der Waals surface area contributed by atoms with Gasteiger partial charge in [-0.05, 0) is 19.9 Å². The van der Waals surface area contributed by atoms with Gasteiger partial charge in [0.15, 0.2) is 0 Å². The van der Waals surface area contributed by atoms with E-state index >= 15 is 0 Å². The lowest BCUT2D eigenvalue weighted by Crippen LogP contribution is -2.30. The molecule has 0 saturated carbocycles. The highest BCUT2D eigenvalue weighted by atomic mass is 16.5. The Hall–Kier alpha value is -0.910. The first-order valence-electron chi connectivity index (χ1n) is 6.05.